The van der Waals surface area contributed by atoms with Crippen molar-refractivity contribution in [3.63, 3.8) is 0 Å². The molecule has 0 aliphatic rings. The topological polar surface area (TPSA) is 187 Å². The lowest BCUT2D eigenvalue weighted by atomic mass is 10.2. The van der Waals surface area contributed by atoms with Crippen molar-refractivity contribution < 1.29 is 39.3 Å². The van der Waals surface area contributed by atoms with E-state index in [1.165, 1.54) is 11.8 Å². The molecule has 0 aliphatic carbocycles. The first-order valence-electron chi connectivity index (χ1n) is 7.49. The summed E-state index contributed by atoms with van der Waals surface area (Å²) >= 11 is 1.29. The number of carboxylic acid groups (broad SMARTS) is 3. The van der Waals surface area contributed by atoms with Crippen LogP contribution in [0.5, 0.6) is 0 Å². The Balaban J connectivity index is 0. The van der Waals surface area contributed by atoms with Crippen LogP contribution >= 0.6 is 11.8 Å². The largest absolute Gasteiger partial charge is 0.550 e. The second kappa shape index (κ2) is 12.9. The van der Waals surface area contributed by atoms with Crippen LogP contribution in [0, 0.1) is 0 Å². The molecule has 10 nitrogen and oxygen atoms in total. The molecular weight excluding hydrogens is 354 g/mol. The number of carboxylic acids is 3. The summed E-state index contributed by atoms with van der Waals surface area (Å²) in [4.78, 5) is 30.6. The van der Waals surface area contributed by atoms with Gasteiger partial charge in [0.25, 0.3) is 0 Å². The van der Waals surface area contributed by atoms with Crippen LogP contribution in [-0.2, 0) is 14.4 Å². The first-order chi connectivity index (χ1) is 11.3. The lowest BCUT2D eigenvalue weighted by molar-refractivity contribution is -0.873. The van der Waals surface area contributed by atoms with Crippen molar-refractivity contribution in [2.75, 3.05) is 39.2 Å². The van der Waals surface area contributed by atoms with Crippen LogP contribution in [0.1, 0.15) is 12.8 Å². The molecule has 0 bridgehead atoms. The number of aliphatic carboxylic acids is 3. The normalized spacial score (nSPS) is 14.6. The summed E-state index contributed by atoms with van der Waals surface area (Å²) in [5, 5.41) is 36.0. The fourth-order valence-electron chi connectivity index (χ4n) is 1.50. The highest BCUT2D eigenvalue weighted by Crippen LogP contribution is 2.05. The molecule has 148 valence electrons. The van der Waals surface area contributed by atoms with Crippen molar-refractivity contribution in [2.45, 2.75) is 31.0 Å². The Morgan fingerprint density at radius 1 is 1.08 bits per heavy atom. The summed E-state index contributed by atoms with van der Waals surface area (Å²) in [6.45, 7) is 0.425. The number of hydrogen-bond acceptors (Lipinski definition) is 8. The minimum absolute atomic E-state index is 0.266. The molecule has 0 aliphatic heterocycles. The van der Waals surface area contributed by atoms with Crippen LogP contribution in [0.15, 0.2) is 0 Å². The minimum atomic E-state index is -1.20. The molecule has 0 fully saturated rings. The van der Waals surface area contributed by atoms with Crippen LogP contribution in [0.25, 0.3) is 0 Å². The van der Waals surface area contributed by atoms with E-state index >= 15 is 0 Å². The van der Waals surface area contributed by atoms with Crippen molar-refractivity contribution in [2.24, 2.45) is 11.5 Å². The summed E-state index contributed by atoms with van der Waals surface area (Å²) < 4.78 is 0.550. The van der Waals surface area contributed by atoms with Gasteiger partial charge in [0, 0.05) is 18.1 Å². The second-order valence-corrected chi connectivity index (χ2v) is 7.61. The lowest BCUT2D eigenvalue weighted by Crippen LogP contribution is -2.43. The van der Waals surface area contributed by atoms with E-state index in [0.29, 0.717) is 23.2 Å². The third-order valence-corrected chi connectivity index (χ3v) is 3.78. The highest BCUT2D eigenvalue weighted by molar-refractivity contribution is 7.99. The molecule has 0 aromatic carbocycles. The third kappa shape index (κ3) is 18.8. The van der Waals surface area contributed by atoms with Crippen molar-refractivity contribution in [1.29, 1.82) is 0 Å². The van der Waals surface area contributed by atoms with Gasteiger partial charge in [-0.25, -0.2) is 0 Å². The van der Waals surface area contributed by atoms with E-state index in [1.54, 1.807) is 0 Å². The van der Waals surface area contributed by atoms with Crippen LogP contribution in [0.4, 0.5) is 0 Å². The van der Waals surface area contributed by atoms with Gasteiger partial charge in [0.15, 0.2) is 0 Å². The van der Waals surface area contributed by atoms with Gasteiger partial charge in [-0.1, -0.05) is 0 Å². The van der Waals surface area contributed by atoms with E-state index in [0.717, 1.165) is 0 Å². The van der Waals surface area contributed by atoms with Gasteiger partial charge in [-0.2, -0.15) is 11.8 Å². The summed E-state index contributed by atoms with van der Waals surface area (Å²) in [5.41, 5.74) is 10.5. The van der Waals surface area contributed by atoms with Crippen molar-refractivity contribution in [1.82, 2.24) is 0 Å². The Morgan fingerprint density at radius 3 is 1.92 bits per heavy atom. The molecule has 0 saturated heterocycles. The zero-order valence-corrected chi connectivity index (χ0v) is 15.6. The third-order valence-electron chi connectivity index (χ3n) is 2.67. The van der Waals surface area contributed by atoms with Gasteiger partial charge in [-0.05, 0) is 12.2 Å². The number of carbonyl (C=O) groups is 3. The highest BCUT2D eigenvalue weighted by Gasteiger charge is 2.15. The van der Waals surface area contributed by atoms with Crippen LogP contribution < -0.4 is 16.6 Å². The summed E-state index contributed by atoms with van der Waals surface area (Å²) in [6.07, 6.45) is -0.776. The molecule has 0 heterocycles. The van der Waals surface area contributed by atoms with Gasteiger partial charge in [-0.3, -0.25) is 9.59 Å². The van der Waals surface area contributed by atoms with Gasteiger partial charge >= 0.3 is 11.9 Å². The SMILES string of the molecule is C[N+](C)(C)CC(O)CC(=O)[O-].N[C@@H](CCSC[C@H](N)C(=O)O)C(=O)O. The Bertz CT molecular complexity index is 407. The van der Waals surface area contributed by atoms with Gasteiger partial charge in [-0.15, -0.1) is 0 Å². The number of aliphatic hydroxyl groups excluding tert-OH is 1. The summed E-state index contributed by atoms with van der Waals surface area (Å²) in [5.74, 6) is -2.55. The van der Waals surface area contributed by atoms with Gasteiger partial charge in [0.2, 0.25) is 0 Å². The standard InChI is InChI=1S/C7H14N2O4S.C7H15NO3/c8-4(6(10)11)1-2-14-3-5(9)7(12)13;1-8(2,3)5-6(9)4-7(10)11/h4-5H,1-3,8-9H2,(H,10,11)(H,12,13);6,9H,4-5H2,1-3H3/t4-,5-;/m0./s1. The number of quaternary nitrogens is 1. The van der Waals surface area contributed by atoms with Crippen LogP contribution in [-0.4, -0.2) is 95.1 Å². The molecule has 0 amide bonds. The Kier molecular flexibility index (Phi) is 13.3. The number of thioether (sulfide) groups is 1. The maximum Gasteiger partial charge on any atom is 0.321 e. The maximum absolute atomic E-state index is 10.3. The molecule has 0 aromatic rings. The van der Waals surface area contributed by atoms with Crippen molar-refractivity contribution >= 4 is 29.7 Å². The molecular formula is C14H29N3O7S. The van der Waals surface area contributed by atoms with Gasteiger partial charge in [0.1, 0.15) is 24.7 Å². The predicted molar refractivity (Wildman–Crippen MR) is 91.7 cm³/mol. The molecule has 1 unspecified atom stereocenters. The van der Waals surface area contributed by atoms with E-state index in [2.05, 4.69) is 0 Å². The molecule has 0 rings (SSSR count). The number of carbonyl (C=O) groups excluding carboxylic acids is 1. The van der Waals surface area contributed by atoms with E-state index in [9.17, 15) is 19.5 Å². The Morgan fingerprint density at radius 2 is 1.56 bits per heavy atom. The zero-order chi connectivity index (χ0) is 20.2. The van der Waals surface area contributed by atoms with Crippen molar-refractivity contribution in [3.8, 4) is 0 Å². The molecule has 7 N–H and O–H groups in total. The molecule has 0 spiro atoms. The minimum Gasteiger partial charge on any atom is -0.550 e. The maximum atomic E-state index is 10.3. The fourth-order valence-corrected chi connectivity index (χ4v) is 2.49. The average molecular weight is 383 g/mol. The number of nitrogens with zero attached hydrogens (tertiary/aromatic N) is 1. The number of hydrogen-bond donors (Lipinski definition) is 5. The monoisotopic (exact) mass is 383 g/mol. The molecule has 0 aromatic heterocycles. The predicted octanol–water partition coefficient (Wildman–Crippen LogP) is -2.87. The number of rotatable bonds is 11. The van der Waals surface area contributed by atoms with E-state index in [1.807, 2.05) is 21.1 Å². The molecule has 0 saturated carbocycles. The van der Waals surface area contributed by atoms with Crippen LogP contribution in [0.3, 0.4) is 0 Å². The molecule has 11 heteroatoms. The highest BCUT2D eigenvalue weighted by atomic mass is 32.2. The van der Waals surface area contributed by atoms with E-state index in [4.69, 9.17) is 26.8 Å². The van der Waals surface area contributed by atoms with Crippen LogP contribution in [0.2, 0.25) is 0 Å². The Labute approximate surface area is 151 Å². The zero-order valence-electron chi connectivity index (χ0n) is 14.8. The van der Waals surface area contributed by atoms with Crippen molar-refractivity contribution in [3.05, 3.63) is 0 Å². The molecule has 3 atom stereocenters. The second-order valence-electron chi connectivity index (χ2n) is 6.46. The molecule has 0 radical (unpaired) electrons. The van der Waals surface area contributed by atoms with Gasteiger partial charge < -0.3 is 41.2 Å². The van der Waals surface area contributed by atoms with Gasteiger partial charge in [0.05, 0.1) is 21.1 Å². The molecule has 25 heavy (non-hydrogen) atoms. The summed E-state index contributed by atoms with van der Waals surface area (Å²) in [6, 6.07) is -1.79. The smallest absolute Gasteiger partial charge is 0.321 e. The first-order valence-corrected chi connectivity index (χ1v) is 8.64. The number of nitrogens with two attached hydrogens (primary N) is 2. The van der Waals surface area contributed by atoms with E-state index in [-0.39, 0.29) is 12.2 Å². The van der Waals surface area contributed by atoms with E-state index < -0.39 is 36.1 Å². The lowest BCUT2D eigenvalue weighted by Gasteiger charge is -2.26. The quantitative estimate of drug-likeness (QED) is 0.183. The Hall–Kier alpha value is -1.40. The fraction of sp³-hybridized carbons (Fsp3) is 0.786. The number of aliphatic hydroxyl groups is 1. The average Bonchev–Trinajstić information content (AvgIpc) is 2.40. The first kappa shape index (κ1) is 25.8. The summed E-state index contributed by atoms with van der Waals surface area (Å²) in [7, 11) is 5.66. The number of likely N-dealkylation sites (N-methyl/N-ethyl adjacent to an activating group) is 1.